The minimum Gasteiger partial charge on any atom is -0.507 e. The Hall–Kier alpha value is -2.59. The van der Waals surface area contributed by atoms with Gasteiger partial charge in [0.1, 0.15) is 5.75 Å². The normalized spacial score (nSPS) is 18.9. The van der Waals surface area contributed by atoms with Crippen molar-refractivity contribution in [1.29, 1.82) is 0 Å². The molecule has 0 fully saturated rings. The topological polar surface area (TPSA) is 39.1 Å². The van der Waals surface area contributed by atoms with Gasteiger partial charge in [0.2, 0.25) is 0 Å². The number of phenols is 1. The maximum Gasteiger partial charge on any atom is 0.124 e. The fourth-order valence-electron chi connectivity index (χ4n) is 2.42. The van der Waals surface area contributed by atoms with E-state index in [9.17, 15) is 5.11 Å². The molecule has 2 aromatic carbocycles. The zero-order chi connectivity index (χ0) is 15.5. The van der Waals surface area contributed by atoms with Gasteiger partial charge >= 0.3 is 0 Å². The van der Waals surface area contributed by atoms with Crippen molar-refractivity contribution in [2.24, 2.45) is 4.99 Å². The van der Waals surface area contributed by atoms with Gasteiger partial charge < -0.3 is 5.11 Å². The molecule has 0 saturated heterocycles. The summed E-state index contributed by atoms with van der Waals surface area (Å²) in [5.74, 6) is 0.241. The smallest absolute Gasteiger partial charge is 0.124 e. The molecular formula is C18H19N3O. The van der Waals surface area contributed by atoms with Gasteiger partial charge in [0, 0.05) is 25.0 Å². The largest absolute Gasteiger partial charge is 0.507 e. The van der Waals surface area contributed by atoms with E-state index < -0.39 is 0 Å². The van der Waals surface area contributed by atoms with E-state index in [0.29, 0.717) is 0 Å². The monoisotopic (exact) mass is 293 g/mol. The van der Waals surface area contributed by atoms with Crippen molar-refractivity contribution < 1.29 is 5.11 Å². The maximum atomic E-state index is 9.80. The van der Waals surface area contributed by atoms with E-state index in [4.69, 9.17) is 0 Å². The molecule has 1 atom stereocenters. The van der Waals surface area contributed by atoms with Crippen LogP contribution in [-0.2, 0) is 0 Å². The Kier molecular flexibility index (Phi) is 3.94. The number of hydrazine groups is 1. The van der Waals surface area contributed by atoms with Gasteiger partial charge in [-0.15, -0.1) is 0 Å². The number of para-hydroxylation sites is 2. The quantitative estimate of drug-likeness (QED) is 0.882. The Labute approximate surface area is 130 Å². The Balaban J connectivity index is 1.86. The Bertz CT molecular complexity index is 709. The summed E-state index contributed by atoms with van der Waals surface area (Å²) < 4.78 is 0. The second kappa shape index (κ2) is 6.03. The molecular weight excluding hydrogens is 274 g/mol. The van der Waals surface area contributed by atoms with Crippen LogP contribution >= 0.6 is 0 Å². The van der Waals surface area contributed by atoms with E-state index in [1.165, 1.54) is 0 Å². The van der Waals surface area contributed by atoms with Gasteiger partial charge in [-0.3, -0.25) is 10.0 Å². The number of rotatable bonds is 3. The number of hydrogen-bond donors (Lipinski definition) is 1. The number of nitrogens with zero attached hydrogens (tertiary/aromatic N) is 3. The fraction of sp³-hybridized carbons (Fsp3) is 0.167. The van der Waals surface area contributed by atoms with E-state index in [1.807, 2.05) is 43.6 Å². The molecule has 0 radical (unpaired) electrons. The van der Waals surface area contributed by atoms with Gasteiger partial charge in [-0.1, -0.05) is 30.3 Å². The summed E-state index contributed by atoms with van der Waals surface area (Å²) in [7, 11) is 2.04. The molecule has 1 heterocycles. The third kappa shape index (κ3) is 2.73. The number of likely N-dealkylation sites (N-methyl/N-ethyl adjacent to an activating group) is 1. The zero-order valence-corrected chi connectivity index (χ0v) is 12.7. The highest BCUT2D eigenvalue weighted by atomic mass is 16.3. The first-order valence-electron chi connectivity index (χ1n) is 7.27. The first-order chi connectivity index (χ1) is 10.7. The molecule has 1 aliphatic heterocycles. The highest BCUT2D eigenvalue weighted by molar-refractivity contribution is 5.84. The van der Waals surface area contributed by atoms with Crippen LogP contribution in [0.5, 0.6) is 5.75 Å². The van der Waals surface area contributed by atoms with Crippen molar-refractivity contribution >= 4 is 11.9 Å². The lowest BCUT2D eigenvalue weighted by Gasteiger charge is -2.28. The van der Waals surface area contributed by atoms with Crippen LogP contribution in [0.2, 0.25) is 0 Å². The van der Waals surface area contributed by atoms with Gasteiger partial charge in [0.15, 0.2) is 0 Å². The number of phenolic OH excluding ortho intramolecular Hbond substituents is 1. The van der Waals surface area contributed by atoms with Crippen molar-refractivity contribution in [2.45, 2.75) is 13.0 Å². The van der Waals surface area contributed by atoms with Gasteiger partial charge in [0.25, 0.3) is 0 Å². The molecule has 112 valence electrons. The molecule has 2 aromatic rings. The Morgan fingerprint density at radius 1 is 1.05 bits per heavy atom. The van der Waals surface area contributed by atoms with Crippen molar-refractivity contribution in [3.05, 3.63) is 72.1 Å². The lowest BCUT2D eigenvalue weighted by molar-refractivity contribution is 0.314. The van der Waals surface area contributed by atoms with Crippen molar-refractivity contribution in [1.82, 2.24) is 5.01 Å². The number of benzene rings is 2. The van der Waals surface area contributed by atoms with Crippen LogP contribution in [0.25, 0.3) is 0 Å². The summed E-state index contributed by atoms with van der Waals surface area (Å²) in [5, 5.41) is 14.0. The van der Waals surface area contributed by atoms with Crippen LogP contribution < -0.4 is 5.01 Å². The van der Waals surface area contributed by atoms with Crippen LogP contribution in [0.3, 0.4) is 0 Å². The fourth-order valence-corrected chi connectivity index (χ4v) is 2.42. The predicted molar refractivity (Wildman–Crippen MR) is 89.9 cm³/mol. The molecule has 1 N–H and O–H groups in total. The summed E-state index contributed by atoms with van der Waals surface area (Å²) in [5.41, 5.74) is 2.77. The van der Waals surface area contributed by atoms with Gasteiger partial charge in [-0.05, 0) is 31.2 Å². The molecule has 22 heavy (non-hydrogen) atoms. The first-order valence-corrected chi connectivity index (χ1v) is 7.27. The summed E-state index contributed by atoms with van der Waals surface area (Å²) in [4.78, 5) is 4.55. The van der Waals surface area contributed by atoms with Crippen LogP contribution in [0.1, 0.15) is 12.5 Å². The number of aliphatic imine (C=N–C) groups is 1. The molecule has 3 rings (SSSR count). The second-order valence-electron chi connectivity index (χ2n) is 5.30. The van der Waals surface area contributed by atoms with Gasteiger partial charge in [-0.25, -0.2) is 5.01 Å². The highest BCUT2D eigenvalue weighted by Crippen LogP contribution is 2.27. The highest BCUT2D eigenvalue weighted by Gasteiger charge is 2.26. The number of hydrogen-bond acceptors (Lipinski definition) is 4. The summed E-state index contributed by atoms with van der Waals surface area (Å²) in [6.07, 6.45) is 3.73. The summed E-state index contributed by atoms with van der Waals surface area (Å²) in [6, 6.07) is 17.5. The SMILES string of the molecule is CC1C(N=Cc2ccccc2O)=CN(c2ccccc2)N1C. The average Bonchev–Trinajstić information content (AvgIpc) is 2.83. The van der Waals surface area contributed by atoms with Gasteiger partial charge in [0.05, 0.1) is 17.4 Å². The average molecular weight is 293 g/mol. The maximum absolute atomic E-state index is 9.80. The lowest BCUT2D eigenvalue weighted by atomic mass is 10.2. The molecule has 1 aliphatic rings. The first kappa shape index (κ1) is 14.4. The minimum atomic E-state index is 0.169. The molecule has 0 bridgehead atoms. The third-order valence-corrected chi connectivity index (χ3v) is 3.89. The molecule has 1 unspecified atom stereocenters. The van der Waals surface area contributed by atoms with Crippen LogP contribution in [0, 0.1) is 0 Å². The van der Waals surface area contributed by atoms with E-state index in [1.54, 1.807) is 18.3 Å². The van der Waals surface area contributed by atoms with Crippen LogP contribution in [0.4, 0.5) is 5.69 Å². The zero-order valence-electron chi connectivity index (χ0n) is 12.7. The molecule has 0 saturated carbocycles. The van der Waals surface area contributed by atoms with Crippen molar-refractivity contribution in [3.8, 4) is 5.75 Å². The van der Waals surface area contributed by atoms with Gasteiger partial charge in [-0.2, -0.15) is 0 Å². The third-order valence-electron chi connectivity index (χ3n) is 3.89. The molecule has 0 amide bonds. The van der Waals surface area contributed by atoms with Crippen LogP contribution in [-0.4, -0.2) is 29.4 Å². The van der Waals surface area contributed by atoms with Crippen LogP contribution in [0.15, 0.2) is 71.5 Å². The summed E-state index contributed by atoms with van der Waals surface area (Å²) >= 11 is 0. The minimum absolute atomic E-state index is 0.169. The standard InChI is InChI=1S/C18H19N3O/c1-14-17(19-12-15-8-6-7-11-18(15)22)13-21(20(14)2)16-9-4-3-5-10-16/h3-14,22H,1-2H3. The Morgan fingerprint density at radius 2 is 1.73 bits per heavy atom. The molecule has 0 spiro atoms. The predicted octanol–water partition coefficient (Wildman–Crippen LogP) is 3.41. The molecule has 4 heteroatoms. The number of aromatic hydroxyl groups is 1. The van der Waals surface area contributed by atoms with E-state index in [-0.39, 0.29) is 11.8 Å². The van der Waals surface area contributed by atoms with E-state index in [0.717, 1.165) is 16.9 Å². The van der Waals surface area contributed by atoms with Crippen molar-refractivity contribution in [3.63, 3.8) is 0 Å². The van der Waals surface area contributed by atoms with E-state index >= 15 is 0 Å². The molecule has 0 aliphatic carbocycles. The second-order valence-corrected chi connectivity index (χ2v) is 5.30. The van der Waals surface area contributed by atoms with E-state index in [2.05, 4.69) is 34.1 Å². The lowest BCUT2D eigenvalue weighted by Crippen LogP contribution is -2.36. The molecule has 4 nitrogen and oxygen atoms in total. The Morgan fingerprint density at radius 3 is 2.45 bits per heavy atom. The molecule has 0 aromatic heterocycles. The number of anilines is 1. The van der Waals surface area contributed by atoms with Crippen molar-refractivity contribution in [2.75, 3.05) is 12.1 Å². The summed E-state index contributed by atoms with van der Waals surface area (Å²) in [6.45, 7) is 2.11.